The van der Waals surface area contributed by atoms with Gasteiger partial charge < -0.3 is 5.11 Å². The molecule has 1 saturated carbocycles. The average Bonchev–Trinajstić information content (AvgIpc) is 2.23. The highest BCUT2D eigenvalue weighted by Crippen LogP contribution is 2.52. The van der Waals surface area contributed by atoms with Crippen LogP contribution in [0.15, 0.2) is 30.3 Å². The van der Waals surface area contributed by atoms with Crippen LogP contribution < -0.4 is 0 Å². The van der Waals surface area contributed by atoms with Gasteiger partial charge in [0.1, 0.15) is 4.75 Å². The number of thioether (sulfide) groups is 1. The van der Waals surface area contributed by atoms with Crippen LogP contribution in [0, 0.1) is 0 Å². The molecule has 1 aromatic carbocycles. The summed E-state index contributed by atoms with van der Waals surface area (Å²) in [6.45, 7) is 2.02. The van der Waals surface area contributed by atoms with Crippen LogP contribution in [0.2, 0.25) is 0 Å². The van der Waals surface area contributed by atoms with Crippen molar-refractivity contribution in [3.8, 4) is 0 Å². The summed E-state index contributed by atoms with van der Waals surface area (Å²) in [6.07, 6.45) is 1.54. The summed E-state index contributed by atoms with van der Waals surface area (Å²) >= 11 is 1.57. The second-order valence-corrected chi connectivity index (χ2v) is 5.90. The van der Waals surface area contributed by atoms with Crippen LogP contribution in [-0.4, -0.2) is 21.6 Å². The molecule has 0 atom stereocenters. The molecular weight excluding hydrogens is 220 g/mol. The van der Waals surface area contributed by atoms with E-state index in [9.17, 15) is 9.90 Å². The van der Waals surface area contributed by atoms with E-state index in [0.717, 1.165) is 18.6 Å². The minimum atomic E-state index is -0.647. The minimum Gasteiger partial charge on any atom is -0.480 e. The molecule has 3 heteroatoms. The van der Waals surface area contributed by atoms with Crippen LogP contribution in [-0.2, 0) is 4.79 Å². The molecule has 0 radical (unpaired) electrons. The zero-order valence-electron chi connectivity index (χ0n) is 9.35. The number of benzene rings is 1. The van der Waals surface area contributed by atoms with Gasteiger partial charge in [0.25, 0.3) is 0 Å². The lowest BCUT2D eigenvalue weighted by molar-refractivity contribution is -0.142. The molecule has 1 N–H and O–H groups in total. The van der Waals surface area contributed by atoms with Crippen molar-refractivity contribution in [2.24, 2.45) is 0 Å². The van der Waals surface area contributed by atoms with Crippen molar-refractivity contribution >= 4 is 17.7 Å². The van der Waals surface area contributed by atoms with Crippen molar-refractivity contribution < 1.29 is 9.90 Å². The third-order valence-electron chi connectivity index (χ3n) is 3.23. The molecule has 1 fully saturated rings. The van der Waals surface area contributed by atoms with Crippen LogP contribution in [0.3, 0.4) is 0 Å². The zero-order chi connectivity index (χ0) is 11.6. The fourth-order valence-corrected chi connectivity index (χ4v) is 3.64. The topological polar surface area (TPSA) is 37.3 Å². The Balaban J connectivity index is 2.05. The van der Waals surface area contributed by atoms with Crippen LogP contribution in [0.4, 0.5) is 0 Å². The standard InChI is InChI=1S/C13H16O2S/c1-2-16-13(12(14)15)8-11(9-13)10-6-4-3-5-7-10/h3-7,11H,2,8-9H2,1H3,(H,14,15). The maximum atomic E-state index is 11.2. The Kier molecular flexibility index (Phi) is 3.24. The molecule has 0 amide bonds. The largest absolute Gasteiger partial charge is 0.480 e. The van der Waals surface area contributed by atoms with E-state index in [2.05, 4.69) is 12.1 Å². The first-order valence-electron chi connectivity index (χ1n) is 5.60. The third-order valence-corrected chi connectivity index (χ3v) is 4.58. The highest BCUT2D eigenvalue weighted by atomic mass is 32.2. The first kappa shape index (κ1) is 11.5. The third kappa shape index (κ3) is 1.96. The number of aliphatic carboxylic acids is 1. The SMILES string of the molecule is CCSC1(C(=O)O)CC(c2ccccc2)C1. The Bertz CT molecular complexity index is 369. The van der Waals surface area contributed by atoms with Crippen molar-refractivity contribution in [2.45, 2.75) is 30.4 Å². The monoisotopic (exact) mass is 236 g/mol. The smallest absolute Gasteiger partial charge is 0.319 e. The maximum absolute atomic E-state index is 11.2. The molecular formula is C13H16O2S. The number of hydrogen-bond acceptors (Lipinski definition) is 2. The van der Waals surface area contributed by atoms with E-state index >= 15 is 0 Å². The van der Waals surface area contributed by atoms with Gasteiger partial charge in [0, 0.05) is 0 Å². The molecule has 0 aromatic heterocycles. The fourth-order valence-electron chi connectivity index (χ4n) is 2.33. The van der Waals surface area contributed by atoms with E-state index in [0.29, 0.717) is 5.92 Å². The molecule has 0 saturated heterocycles. The summed E-state index contributed by atoms with van der Waals surface area (Å²) in [7, 11) is 0. The molecule has 16 heavy (non-hydrogen) atoms. The molecule has 0 aliphatic heterocycles. The zero-order valence-corrected chi connectivity index (χ0v) is 10.2. The second kappa shape index (κ2) is 4.50. The first-order chi connectivity index (χ1) is 7.68. The average molecular weight is 236 g/mol. The van der Waals surface area contributed by atoms with Crippen LogP contribution >= 0.6 is 11.8 Å². The van der Waals surface area contributed by atoms with Gasteiger partial charge in [-0.1, -0.05) is 37.3 Å². The van der Waals surface area contributed by atoms with Crippen molar-refractivity contribution in [3.05, 3.63) is 35.9 Å². The van der Waals surface area contributed by atoms with Gasteiger partial charge in [-0.2, -0.15) is 0 Å². The number of carboxylic acids is 1. The molecule has 1 aliphatic rings. The van der Waals surface area contributed by atoms with E-state index in [1.165, 1.54) is 5.56 Å². The van der Waals surface area contributed by atoms with Gasteiger partial charge >= 0.3 is 5.97 Å². The molecule has 2 rings (SSSR count). The lowest BCUT2D eigenvalue weighted by atomic mass is 9.70. The first-order valence-corrected chi connectivity index (χ1v) is 6.59. The second-order valence-electron chi connectivity index (χ2n) is 4.25. The highest BCUT2D eigenvalue weighted by Gasteiger charge is 2.50. The Morgan fingerprint density at radius 3 is 2.56 bits per heavy atom. The van der Waals surface area contributed by atoms with Gasteiger partial charge in [-0.3, -0.25) is 4.79 Å². The van der Waals surface area contributed by atoms with Crippen molar-refractivity contribution in [1.82, 2.24) is 0 Å². The summed E-state index contributed by atoms with van der Waals surface area (Å²) in [6, 6.07) is 10.2. The molecule has 0 unspecified atom stereocenters. The van der Waals surface area contributed by atoms with Gasteiger partial charge in [-0.25, -0.2) is 0 Å². The Hall–Kier alpha value is -0.960. The molecule has 86 valence electrons. The lowest BCUT2D eigenvalue weighted by Gasteiger charge is -2.44. The van der Waals surface area contributed by atoms with E-state index < -0.39 is 10.7 Å². The van der Waals surface area contributed by atoms with Gasteiger partial charge in [0.05, 0.1) is 0 Å². The predicted molar refractivity (Wildman–Crippen MR) is 66.9 cm³/mol. The predicted octanol–water partition coefficient (Wildman–Crippen LogP) is 3.14. The van der Waals surface area contributed by atoms with E-state index in [1.54, 1.807) is 11.8 Å². The van der Waals surface area contributed by atoms with E-state index in [-0.39, 0.29) is 0 Å². The van der Waals surface area contributed by atoms with Crippen LogP contribution in [0.25, 0.3) is 0 Å². The number of carboxylic acid groups (broad SMARTS) is 1. The van der Waals surface area contributed by atoms with Gasteiger partial charge in [0.2, 0.25) is 0 Å². The molecule has 1 aromatic rings. The Morgan fingerprint density at radius 1 is 1.44 bits per heavy atom. The lowest BCUT2D eigenvalue weighted by Crippen LogP contribution is -2.46. The normalized spacial score (nSPS) is 28.4. The molecule has 0 spiro atoms. The Labute approximate surface area is 100 Å². The number of rotatable bonds is 4. The Morgan fingerprint density at radius 2 is 2.06 bits per heavy atom. The molecule has 2 nitrogen and oxygen atoms in total. The van der Waals surface area contributed by atoms with Crippen LogP contribution in [0.5, 0.6) is 0 Å². The van der Waals surface area contributed by atoms with E-state index in [4.69, 9.17) is 0 Å². The minimum absolute atomic E-state index is 0.427. The number of carbonyl (C=O) groups is 1. The number of hydrogen-bond donors (Lipinski definition) is 1. The summed E-state index contributed by atoms with van der Waals surface area (Å²) in [5.74, 6) is 0.649. The quantitative estimate of drug-likeness (QED) is 0.872. The molecule has 0 bridgehead atoms. The fraction of sp³-hybridized carbons (Fsp3) is 0.462. The molecule has 1 aliphatic carbocycles. The van der Waals surface area contributed by atoms with Gasteiger partial charge in [0.15, 0.2) is 0 Å². The van der Waals surface area contributed by atoms with Gasteiger partial charge in [-0.05, 0) is 30.1 Å². The summed E-state index contributed by atoms with van der Waals surface area (Å²) in [5, 5.41) is 9.26. The van der Waals surface area contributed by atoms with Crippen LogP contribution in [0.1, 0.15) is 31.2 Å². The summed E-state index contributed by atoms with van der Waals surface area (Å²) in [5.41, 5.74) is 1.27. The van der Waals surface area contributed by atoms with Gasteiger partial charge in [-0.15, -0.1) is 11.8 Å². The van der Waals surface area contributed by atoms with Crippen molar-refractivity contribution in [3.63, 3.8) is 0 Å². The maximum Gasteiger partial charge on any atom is 0.319 e. The summed E-state index contributed by atoms with van der Waals surface area (Å²) < 4.78 is -0.519. The highest BCUT2D eigenvalue weighted by molar-refractivity contribution is 8.01. The van der Waals surface area contributed by atoms with E-state index in [1.807, 2.05) is 25.1 Å². The molecule has 0 heterocycles. The summed E-state index contributed by atoms with van der Waals surface area (Å²) in [4.78, 5) is 11.2. The van der Waals surface area contributed by atoms with Crippen molar-refractivity contribution in [2.75, 3.05) is 5.75 Å². The van der Waals surface area contributed by atoms with Crippen molar-refractivity contribution in [1.29, 1.82) is 0 Å².